The lowest BCUT2D eigenvalue weighted by Crippen LogP contribution is -2.12. The molecule has 0 saturated heterocycles. The highest BCUT2D eigenvalue weighted by atomic mass is 32.2. The van der Waals surface area contributed by atoms with Gasteiger partial charge in [0.1, 0.15) is 4.90 Å². The van der Waals surface area contributed by atoms with Crippen molar-refractivity contribution in [1.82, 2.24) is 4.98 Å². The Bertz CT molecular complexity index is 672. The average Bonchev–Trinajstić information content (AvgIpc) is 2.29. The highest BCUT2D eigenvalue weighted by Crippen LogP contribution is 2.20. The molecule has 0 atom stereocenters. The zero-order valence-electron chi connectivity index (χ0n) is 8.69. The van der Waals surface area contributed by atoms with Crippen LogP contribution in [0.3, 0.4) is 0 Å². The number of sulfone groups is 1. The summed E-state index contributed by atoms with van der Waals surface area (Å²) in [6, 6.07) is 2.26. The van der Waals surface area contributed by atoms with Crippen molar-refractivity contribution in [3.63, 3.8) is 0 Å². The fourth-order valence-electron chi connectivity index (χ4n) is 1.04. The van der Waals surface area contributed by atoms with Gasteiger partial charge in [0, 0.05) is 6.20 Å². The third-order valence-electron chi connectivity index (χ3n) is 1.85. The summed E-state index contributed by atoms with van der Waals surface area (Å²) in [5.41, 5.74) is 0. The number of aromatic nitrogens is 1. The van der Waals surface area contributed by atoms with Crippen molar-refractivity contribution in [1.29, 1.82) is 0 Å². The molecule has 17 heavy (non-hydrogen) atoms. The molecule has 0 aliphatic heterocycles. The van der Waals surface area contributed by atoms with Crippen LogP contribution in [-0.2, 0) is 24.7 Å². The highest BCUT2D eigenvalue weighted by molar-refractivity contribution is 7.93. The van der Waals surface area contributed by atoms with E-state index in [4.69, 9.17) is 0 Å². The first-order valence-corrected chi connectivity index (χ1v) is 7.46. The Kier molecular flexibility index (Phi) is 3.76. The van der Waals surface area contributed by atoms with Crippen molar-refractivity contribution >= 4 is 25.9 Å². The van der Waals surface area contributed by atoms with Gasteiger partial charge in [-0.3, -0.25) is 0 Å². The van der Waals surface area contributed by atoms with E-state index in [0.717, 1.165) is 18.3 Å². The quantitative estimate of drug-likeness (QED) is 0.561. The van der Waals surface area contributed by atoms with Gasteiger partial charge in [0.15, 0.2) is 14.9 Å². The smallest absolute Gasteiger partial charge is 0.243 e. The second kappa shape index (κ2) is 4.74. The topological polar surface area (TPSA) is 111 Å². The number of pyridine rings is 1. The Morgan fingerprint density at radius 2 is 2.00 bits per heavy atom. The Hall–Kier alpha value is -1.57. The first kappa shape index (κ1) is 13.5. The van der Waals surface area contributed by atoms with Crippen molar-refractivity contribution in [2.45, 2.75) is 16.8 Å². The van der Waals surface area contributed by atoms with E-state index in [1.54, 1.807) is 0 Å². The number of carbonyl (C=O) groups excluding carboxylic acids is 1. The first-order chi connectivity index (χ1) is 7.85. The summed E-state index contributed by atoms with van der Waals surface area (Å²) in [4.78, 5) is 12.9. The molecule has 0 amide bonds. The van der Waals surface area contributed by atoms with Gasteiger partial charge in [-0.1, -0.05) is 11.3 Å². The van der Waals surface area contributed by atoms with Crippen LogP contribution in [0.4, 0.5) is 0 Å². The third kappa shape index (κ3) is 2.76. The molecule has 0 spiro atoms. The molecule has 0 N–H and O–H groups in total. The maximum atomic E-state index is 11.6. The van der Waals surface area contributed by atoms with E-state index < -0.39 is 29.8 Å². The molecular formula is C8H8N2O5S2. The van der Waals surface area contributed by atoms with Gasteiger partial charge in [-0.25, -0.2) is 18.2 Å². The number of rotatable bonds is 4. The first-order valence-electron chi connectivity index (χ1n) is 4.37. The Morgan fingerprint density at radius 1 is 1.35 bits per heavy atom. The number of sulfonamides is 1. The largest absolute Gasteiger partial charge is 0.295 e. The maximum Gasteiger partial charge on any atom is 0.295 e. The van der Waals surface area contributed by atoms with Gasteiger partial charge < -0.3 is 0 Å². The summed E-state index contributed by atoms with van der Waals surface area (Å²) in [5.74, 6) is -0.308. The lowest BCUT2D eigenvalue weighted by Gasteiger charge is -2.04. The van der Waals surface area contributed by atoms with Crippen LogP contribution < -0.4 is 0 Å². The van der Waals surface area contributed by atoms with E-state index >= 15 is 0 Å². The molecule has 1 heterocycles. The lowest BCUT2D eigenvalue weighted by molar-refractivity contribution is 0.562. The van der Waals surface area contributed by atoms with Crippen molar-refractivity contribution in [2.75, 3.05) is 5.75 Å². The summed E-state index contributed by atoms with van der Waals surface area (Å²) in [6.07, 6.45) is 2.01. The van der Waals surface area contributed by atoms with Crippen LogP contribution in [0.25, 0.3) is 0 Å². The molecule has 92 valence electrons. The molecule has 0 fully saturated rings. The minimum atomic E-state index is -4.37. The second-order valence-corrected chi connectivity index (χ2v) is 6.63. The molecular weight excluding hydrogens is 268 g/mol. The third-order valence-corrected chi connectivity index (χ3v) is 4.85. The molecule has 0 aliphatic rings. The van der Waals surface area contributed by atoms with Crippen LogP contribution in [-0.4, -0.2) is 33.7 Å². The number of hydrogen-bond acceptors (Lipinski definition) is 6. The fraction of sp³-hybridized carbons (Fsp3) is 0.250. The molecule has 0 aliphatic carbocycles. The predicted octanol–water partition coefficient (Wildman–Crippen LogP) is -0.100. The zero-order valence-corrected chi connectivity index (χ0v) is 10.3. The van der Waals surface area contributed by atoms with E-state index in [2.05, 4.69) is 9.38 Å². The Balaban J connectivity index is 3.64. The zero-order chi connectivity index (χ0) is 13.1. The molecule has 0 unspecified atom stereocenters. The number of nitrogens with zero attached hydrogens (tertiary/aromatic N) is 2. The van der Waals surface area contributed by atoms with Gasteiger partial charge in [0.2, 0.25) is 0 Å². The molecule has 1 aromatic heterocycles. The minimum absolute atomic E-state index is 0.308. The van der Waals surface area contributed by atoms with Gasteiger partial charge in [-0.2, -0.15) is 8.42 Å². The van der Waals surface area contributed by atoms with Crippen LogP contribution in [0.2, 0.25) is 0 Å². The molecule has 7 nitrogen and oxygen atoms in total. The van der Waals surface area contributed by atoms with Crippen LogP contribution in [0, 0.1) is 0 Å². The second-order valence-electron chi connectivity index (χ2n) is 2.87. The van der Waals surface area contributed by atoms with E-state index in [0.29, 0.717) is 0 Å². The van der Waals surface area contributed by atoms with Crippen LogP contribution in [0.1, 0.15) is 6.92 Å². The molecule has 0 aromatic carbocycles. The molecule has 1 aromatic rings. The Morgan fingerprint density at radius 3 is 2.53 bits per heavy atom. The molecule has 0 saturated carbocycles. The average molecular weight is 276 g/mol. The van der Waals surface area contributed by atoms with Crippen LogP contribution in [0.15, 0.2) is 32.6 Å². The standard InChI is InChI=1S/C8H8N2O5S2/c1-2-16(12,13)8-7(4-3-5-9-8)17(14,15)10-6-11/h3-5H,2H2,1H3. The van der Waals surface area contributed by atoms with Gasteiger partial charge >= 0.3 is 0 Å². The van der Waals surface area contributed by atoms with E-state index in [1.807, 2.05) is 0 Å². The van der Waals surface area contributed by atoms with E-state index in [-0.39, 0.29) is 5.75 Å². The molecule has 0 bridgehead atoms. The maximum absolute atomic E-state index is 11.6. The summed E-state index contributed by atoms with van der Waals surface area (Å²) >= 11 is 0. The fourth-order valence-corrected chi connectivity index (χ4v) is 3.33. The van der Waals surface area contributed by atoms with E-state index in [1.165, 1.54) is 13.0 Å². The van der Waals surface area contributed by atoms with Crippen molar-refractivity contribution in [3.05, 3.63) is 18.3 Å². The van der Waals surface area contributed by atoms with E-state index in [9.17, 15) is 21.6 Å². The normalized spacial score (nSPS) is 11.8. The van der Waals surface area contributed by atoms with Gasteiger partial charge in [-0.05, 0) is 12.1 Å². The summed E-state index contributed by atoms with van der Waals surface area (Å²) < 4.78 is 48.8. The summed E-state index contributed by atoms with van der Waals surface area (Å²) in [6.45, 7) is 1.35. The van der Waals surface area contributed by atoms with Crippen molar-refractivity contribution in [2.24, 2.45) is 4.40 Å². The molecule has 9 heteroatoms. The SMILES string of the molecule is CCS(=O)(=O)c1ncccc1S(=O)(=O)N=C=O. The van der Waals surface area contributed by atoms with Crippen LogP contribution >= 0.6 is 0 Å². The monoisotopic (exact) mass is 276 g/mol. The van der Waals surface area contributed by atoms with Crippen molar-refractivity contribution < 1.29 is 21.6 Å². The lowest BCUT2D eigenvalue weighted by atomic mass is 10.5. The number of hydrogen-bond donors (Lipinski definition) is 0. The number of isocyanates is 1. The summed E-state index contributed by atoms with van der Waals surface area (Å²) in [7, 11) is -8.18. The minimum Gasteiger partial charge on any atom is -0.243 e. The van der Waals surface area contributed by atoms with Crippen LogP contribution in [0.5, 0.6) is 0 Å². The van der Waals surface area contributed by atoms with Gasteiger partial charge in [0.25, 0.3) is 16.1 Å². The van der Waals surface area contributed by atoms with Crippen molar-refractivity contribution in [3.8, 4) is 0 Å². The Labute approximate surface area is 98.2 Å². The molecule has 1 rings (SSSR count). The molecule has 0 radical (unpaired) electrons. The highest BCUT2D eigenvalue weighted by Gasteiger charge is 2.26. The predicted molar refractivity (Wildman–Crippen MR) is 57.3 cm³/mol. The van der Waals surface area contributed by atoms with Gasteiger partial charge in [0.05, 0.1) is 5.75 Å². The van der Waals surface area contributed by atoms with Gasteiger partial charge in [-0.15, -0.1) is 0 Å². The summed E-state index contributed by atoms with van der Waals surface area (Å²) in [5, 5.41) is -0.610.